The first-order chi connectivity index (χ1) is 9.83. The van der Waals surface area contributed by atoms with Gasteiger partial charge < -0.3 is 0 Å². The number of nitrogens with two attached hydrogens (primary N) is 1. The van der Waals surface area contributed by atoms with Crippen molar-refractivity contribution < 1.29 is 8.42 Å². The molecule has 0 unspecified atom stereocenters. The van der Waals surface area contributed by atoms with Gasteiger partial charge in [0.1, 0.15) is 0 Å². The van der Waals surface area contributed by atoms with Crippen molar-refractivity contribution in [3.8, 4) is 0 Å². The first-order valence-corrected chi connectivity index (χ1v) is 8.73. The van der Waals surface area contributed by atoms with E-state index >= 15 is 0 Å². The van der Waals surface area contributed by atoms with Crippen LogP contribution in [-0.4, -0.2) is 8.42 Å². The number of unbranched alkanes of at least 4 members (excludes halogenated alkanes) is 1. The Labute approximate surface area is 129 Å². The highest BCUT2D eigenvalue weighted by atomic mass is 32.2. The van der Waals surface area contributed by atoms with Crippen LogP contribution in [0, 0.1) is 6.92 Å². The van der Waals surface area contributed by atoms with E-state index in [1.165, 1.54) is 12.8 Å². The Hall–Kier alpha value is -1.39. The van der Waals surface area contributed by atoms with Crippen molar-refractivity contribution >= 4 is 10.0 Å². The molecule has 0 amide bonds. The summed E-state index contributed by atoms with van der Waals surface area (Å²) in [5.41, 5.74) is 2.72. The summed E-state index contributed by atoms with van der Waals surface area (Å²) >= 11 is 0. The summed E-state index contributed by atoms with van der Waals surface area (Å²) in [7, 11) is -3.70. The van der Waals surface area contributed by atoms with Gasteiger partial charge >= 0.3 is 0 Å². The van der Waals surface area contributed by atoms with Crippen molar-refractivity contribution in [3.05, 3.63) is 54.1 Å². The van der Waals surface area contributed by atoms with Crippen LogP contribution in [0.5, 0.6) is 0 Å². The quantitative estimate of drug-likeness (QED) is 0.810. The zero-order chi connectivity index (χ0) is 16.5. The molecule has 0 saturated carbocycles. The second-order valence-corrected chi connectivity index (χ2v) is 6.40. The van der Waals surface area contributed by atoms with Gasteiger partial charge in [-0.2, -0.15) is 0 Å². The SMILES string of the molecule is C=CCc1c(C)ccc(S(N)(=O)=O)c1CC=C.CCCC. The van der Waals surface area contributed by atoms with E-state index in [1.54, 1.807) is 24.3 Å². The van der Waals surface area contributed by atoms with E-state index in [1.807, 2.05) is 6.92 Å². The molecule has 1 rings (SSSR count). The molecule has 0 aromatic heterocycles. The Morgan fingerprint density at radius 1 is 1.05 bits per heavy atom. The number of allylic oxidation sites excluding steroid dienone is 2. The van der Waals surface area contributed by atoms with Gasteiger partial charge in [0.2, 0.25) is 10.0 Å². The maximum Gasteiger partial charge on any atom is 0.238 e. The van der Waals surface area contributed by atoms with Crippen molar-refractivity contribution in [2.75, 3.05) is 0 Å². The van der Waals surface area contributed by atoms with Crippen molar-refractivity contribution in [1.29, 1.82) is 0 Å². The number of sulfonamides is 1. The van der Waals surface area contributed by atoms with E-state index in [-0.39, 0.29) is 4.90 Å². The third-order valence-electron chi connectivity index (χ3n) is 3.13. The molecule has 1 aromatic rings. The minimum atomic E-state index is -3.70. The molecule has 118 valence electrons. The predicted octanol–water partition coefficient (Wildman–Crippen LogP) is 3.91. The molecule has 0 fully saturated rings. The molecule has 2 N–H and O–H groups in total. The van der Waals surface area contributed by atoms with Crippen LogP contribution in [0.3, 0.4) is 0 Å². The molecular formula is C17H27NO2S. The van der Waals surface area contributed by atoms with Crippen molar-refractivity contribution in [2.24, 2.45) is 5.14 Å². The second-order valence-electron chi connectivity index (χ2n) is 4.87. The summed E-state index contributed by atoms with van der Waals surface area (Å²) in [5.74, 6) is 0. The van der Waals surface area contributed by atoms with Crippen LogP contribution in [0.4, 0.5) is 0 Å². The molecular weight excluding hydrogens is 282 g/mol. The van der Waals surface area contributed by atoms with Crippen LogP contribution in [0.15, 0.2) is 42.3 Å². The average Bonchev–Trinajstić information content (AvgIpc) is 2.42. The van der Waals surface area contributed by atoms with E-state index in [2.05, 4.69) is 27.0 Å². The van der Waals surface area contributed by atoms with Gasteiger partial charge in [-0.3, -0.25) is 0 Å². The van der Waals surface area contributed by atoms with Crippen molar-refractivity contribution in [2.45, 2.75) is 51.3 Å². The number of rotatable bonds is 6. The summed E-state index contributed by atoms with van der Waals surface area (Å²) in [4.78, 5) is 0.180. The Morgan fingerprint density at radius 3 is 1.90 bits per heavy atom. The monoisotopic (exact) mass is 309 g/mol. The van der Waals surface area contributed by atoms with Crippen LogP contribution in [0.1, 0.15) is 43.4 Å². The van der Waals surface area contributed by atoms with Gasteiger partial charge in [0.05, 0.1) is 4.90 Å². The van der Waals surface area contributed by atoms with Crippen molar-refractivity contribution in [1.82, 2.24) is 0 Å². The Kier molecular flexibility index (Phi) is 8.90. The molecule has 1 aromatic carbocycles. The van der Waals surface area contributed by atoms with Crippen molar-refractivity contribution in [3.63, 3.8) is 0 Å². The average molecular weight is 309 g/mol. The van der Waals surface area contributed by atoms with E-state index in [0.717, 1.165) is 16.7 Å². The molecule has 0 aliphatic heterocycles. The van der Waals surface area contributed by atoms with Crippen LogP contribution in [-0.2, 0) is 22.9 Å². The molecule has 0 radical (unpaired) electrons. The lowest BCUT2D eigenvalue weighted by atomic mass is 9.97. The van der Waals surface area contributed by atoms with E-state index in [4.69, 9.17) is 5.14 Å². The maximum absolute atomic E-state index is 11.5. The summed E-state index contributed by atoms with van der Waals surface area (Å²) in [5, 5.41) is 5.22. The minimum absolute atomic E-state index is 0.180. The topological polar surface area (TPSA) is 60.2 Å². The highest BCUT2D eigenvalue weighted by Crippen LogP contribution is 2.24. The largest absolute Gasteiger partial charge is 0.238 e. The standard InChI is InChI=1S/C13H17NO2S.C4H10/c1-4-6-11-10(3)8-9-13(17(14,15)16)12(11)7-5-2;1-3-4-2/h4-5,8-9H,1-2,6-7H2,3H3,(H2,14,15,16);3-4H2,1-2H3. The third kappa shape index (κ3) is 6.27. The number of benzene rings is 1. The van der Waals surface area contributed by atoms with Crippen LogP contribution < -0.4 is 5.14 Å². The summed E-state index contributed by atoms with van der Waals surface area (Å²) in [6.45, 7) is 13.6. The van der Waals surface area contributed by atoms with Crippen LogP contribution in [0.2, 0.25) is 0 Å². The number of primary sulfonamides is 1. The molecule has 0 aliphatic rings. The third-order valence-corrected chi connectivity index (χ3v) is 4.12. The highest BCUT2D eigenvalue weighted by molar-refractivity contribution is 7.89. The molecule has 3 nitrogen and oxygen atoms in total. The molecule has 0 spiro atoms. The molecule has 0 atom stereocenters. The lowest BCUT2D eigenvalue weighted by molar-refractivity contribution is 0.596. The second kappa shape index (κ2) is 9.53. The highest BCUT2D eigenvalue weighted by Gasteiger charge is 2.17. The zero-order valence-electron chi connectivity index (χ0n) is 13.4. The molecule has 0 bridgehead atoms. The summed E-state index contributed by atoms with van der Waals surface area (Å²) < 4.78 is 23.0. The smallest absolute Gasteiger partial charge is 0.225 e. The minimum Gasteiger partial charge on any atom is -0.225 e. The Balaban J connectivity index is 0.000000885. The predicted molar refractivity (Wildman–Crippen MR) is 90.9 cm³/mol. The van der Waals surface area contributed by atoms with E-state index < -0.39 is 10.0 Å². The van der Waals surface area contributed by atoms with Gasteiger partial charge in [-0.25, -0.2) is 13.6 Å². The molecule has 21 heavy (non-hydrogen) atoms. The normalized spacial score (nSPS) is 10.5. The summed E-state index contributed by atoms with van der Waals surface area (Å²) in [6, 6.07) is 3.32. The fourth-order valence-corrected chi connectivity index (χ4v) is 2.66. The van der Waals surface area contributed by atoms with Crippen LogP contribution in [0.25, 0.3) is 0 Å². The van der Waals surface area contributed by atoms with Gasteiger partial charge in [-0.1, -0.05) is 44.9 Å². The molecule has 0 saturated heterocycles. The summed E-state index contributed by atoms with van der Waals surface area (Å²) in [6.07, 6.45) is 7.17. The fourth-order valence-electron chi connectivity index (χ4n) is 1.85. The maximum atomic E-state index is 11.5. The zero-order valence-corrected chi connectivity index (χ0v) is 14.2. The van der Waals surface area contributed by atoms with Crippen LogP contribution >= 0.6 is 0 Å². The number of aryl methyl sites for hydroxylation is 1. The van der Waals surface area contributed by atoms with Gasteiger partial charge in [-0.05, 0) is 42.5 Å². The first-order valence-electron chi connectivity index (χ1n) is 7.19. The molecule has 4 heteroatoms. The number of hydrogen-bond acceptors (Lipinski definition) is 2. The van der Waals surface area contributed by atoms with E-state index in [9.17, 15) is 8.42 Å². The lowest BCUT2D eigenvalue weighted by Crippen LogP contribution is -2.16. The Bertz CT molecular complexity index is 573. The Morgan fingerprint density at radius 2 is 1.52 bits per heavy atom. The van der Waals surface area contributed by atoms with Gasteiger partial charge in [0.25, 0.3) is 0 Å². The molecule has 0 aliphatic carbocycles. The fraction of sp³-hybridized carbons (Fsp3) is 0.412. The lowest BCUT2D eigenvalue weighted by Gasteiger charge is -2.14. The number of hydrogen-bond donors (Lipinski definition) is 1. The van der Waals surface area contributed by atoms with Gasteiger partial charge in [0.15, 0.2) is 0 Å². The van der Waals surface area contributed by atoms with Gasteiger partial charge in [-0.15, -0.1) is 13.2 Å². The first kappa shape index (κ1) is 19.6. The van der Waals surface area contributed by atoms with E-state index in [0.29, 0.717) is 12.8 Å². The molecule has 0 heterocycles. The van der Waals surface area contributed by atoms with Gasteiger partial charge in [0, 0.05) is 0 Å².